The van der Waals surface area contributed by atoms with Crippen LogP contribution in [0.25, 0.3) is 0 Å². The molecule has 0 aliphatic heterocycles. The molecule has 1 aromatic heterocycles. The highest BCUT2D eigenvalue weighted by atomic mass is 32.1. The lowest BCUT2D eigenvalue weighted by molar-refractivity contribution is -0.138. The third kappa shape index (κ3) is 3.77. The highest BCUT2D eigenvalue weighted by Crippen LogP contribution is 2.34. The summed E-state index contributed by atoms with van der Waals surface area (Å²) >= 11 is 5.36. The summed E-state index contributed by atoms with van der Waals surface area (Å²) in [6.45, 7) is 4.58. The van der Waals surface area contributed by atoms with Gasteiger partial charge in [0.2, 0.25) is 10.1 Å². The summed E-state index contributed by atoms with van der Waals surface area (Å²) in [5.41, 5.74) is 5.48. The Labute approximate surface area is 112 Å². The molecular weight excluding hydrogens is 285 g/mol. The number of rotatable bonds is 5. The van der Waals surface area contributed by atoms with Gasteiger partial charge in [-0.05, 0) is 6.92 Å². The van der Waals surface area contributed by atoms with E-state index in [0.717, 1.165) is 0 Å². The Hall–Kier alpha value is -0.960. The number of anilines is 1. The lowest BCUT2D eigenvalue weighted by Crippen LogP contribution is -2.33. The maximum absolute atomic E-state index is 12.4. The van der Waals surface area contributed by atoms with E-state index in [4.69, 9.17) is 18.0 Å². The first-order chi connectivity index (χ1) is 8.25. The van der Waals surface area contributed by atoms with Crippen molar-refractivity contribution in [3.05, 3.63) is 5.01 Å². The standard InChI is InChI=1S/C9H13F3N4S2/c1-3-16(4-5(2)6(13)17)8-15-14-7(18-8)9(10,11)12/h5H,3-4H2,1-2H3,(H2,13,17). The van der Waals surface area contributed by atoms with Crippen molar-refractivity contribution in [3.8, 4) is 0 Å². The molecule has 0 fully saturated rings. The molecule has 0 saturated heterocycles. The Kier molecular flexibility index (Phi) is 4.85. The predicted molar refractivity (Wildman–Crippen MR) is 68.7 cm³/mol. The van der Waals surface area contributed by atoms with Gasteiger partial charge in [0.1, 0.15) is 0 Å². The molecule has 1 unspecified atom stereocenters. The van der Waals surface area contributed by atoms with Crippen molar-refractivity contribution in [1.29, 1.82) is 0 Å². The van der Waals surface area contributed by atoms with Gasteiger partial charge in [-0.1, -0.05) is 30.5 Å². The highest BCUT2D eigenvalue weighted by Gasteiger charge is 2.36. The Morgan fingerprint density at radius 2 is 2.11 bits per heavy atom. The van der Waals surface area contributed by atoms with E-state index in [1.165, 1.54) is 0 Å². The molecule has 2 N–H and O–H groups in total. The number of hydrogen-bond acceptors (Lipinski definition) is 5. The van der Waals surface area contributed by atoms with Crippen molar-refractivity contribution in [1.82, 2.24) is 10.2 Å². The third-order valence-corrected chi connectivity index (χ3v) is 3.72. The summed E-state index contributed by atoms with van der Waals surface area (Å²) in [6, 6.07) is 0. The fraction of sp³-hybridized carbons (Fsp3) is 0.667. The number of hydrogen-bond donors (Lipinski definition) is 1. The molecule has 1 atom stereocenters. The van der Waals surface area contributed by atoms with Gasteiger partial charge in [0.25, 0.3) is 0 Å². The van der Waals surface area contributed by atoms with E-state index in [2.05, 4.69) is 10.2 Å². The molecule has 0 saturated carbocycles. The SMILES string of the molecule is CCN(CC(C)C(N)=S)c1nnc(C(F)(F)F)s1. The van der Waals surface area contributed by atoms with Gasteiger partial charge in [-0.15, -0.1) is 10.2 Å². The summed E-state index contributed by atoms with van der Waals surface area (Å²) in [6.07, 6.45) is -4.45. The zero-order valence-electron chi connectivity index (χ0n) is 9.86. The highest BCUT2D eigenvalue weighted by molar-refractivity contribution is 7.80. The van der Waals surface area contributed by atoms with Crippen molar-refractivity contribution >= 4 is 33.7 Å². The molecule has 0 aliphatic rings. The third-order valence-electron chi connectivity index (χ3n) is 2.29. The van der Waals surface area contributed by atoms with E-state index < -0.39 is 11.2 Å². The number of aromatic nitrogens is 2. The van der Waals surface area contributed by atoms with Crippen LogP contribution in [0.15, 0.2) is 0 Å². The minimum absolute atomic E-state index is 0.0989. The smallest absolute Gasteiger partial charge is 0.393 e. The molecule has 0 radical (unpaired) electrons. The molecule has 0 bridgehead atoms. The molecule has 0 spiro atoms. The van der Waals surface area contributed by atoms with Gasteiger partial charge in [-0.2, -0.15) is 13.2 Å². The lowest BCUT2D eigenvalue weighted by atomic mass is 10.2. The van der Waals surface area contributed by atoms with Gasteiger partial charge in [0.05, 0.1) is 4.99 Å². The first-order valence-electron chi connectivity index (χ1n) is 5.20. The summed E-state index contributed by atoms with van der Waals surface area (Å²) in [5, 5.41) is 5.99. The monoisotopic (exact) mass is 298 g/mol. The minimum Gasteiger partial charge on any atom is -0.393 e. The molecule has 4 nitrogen and oxygen atoms in total. The van der Waals surface area contributed by atoms with E-state index in [9.17, 15) is 13.2 Å². The zero-order valence-corrected chi connectivity index (χ0v) is 11.5. The normalized spacial score (nSPS) is 13.4. The van der Waals surface area contributed by atoms with Crippen LogP contribution in [-0.4, -0.2) is 28.3 Å². The van der Waals surface area contributed by atoms with Crippen LogP contribution in [0.2, 0.25) is 0 Å². The zero-order chi connectivity index (χ0) is 13.9. The number of nitrogens with two attached hydrogens (primary N) is 1. The number of thiocarbonyl (C=S) groups is 1. The minimum atomic E-state index is -4.45. The van der Waals surface area contributed by atoms with Crippen molar-refractivity contribution in [2.75, 3.05) is 18.0 Å². The molecule has 102 valence electrons. The van der Waals surface area contributed by atoms with Gasteiger partial charge in [0.15, 0.2) is 0 Å². The molecule has 9 heteroatoms. The maximum atomic E-state index is 12.4. The molecule has 0 aliphatic carbocycles. The molecule has 1 heterocycles. The fourth-order valence-electron chi connectivity index (χ4n) is 1.22. The second kappa shape index (κ2) is 5.79. The summed E-state index contributed by atoms with van der Waals surface area (Å²) in [7, 11) is 0. The van der Waals surface area contributed by atoms with Crippen LogP contribution < -0.4 is 10.6 Å². The van der Waals surface area contributed by atoms with Crippen LogP contribution in [0.3, 0.4) is 0 Å². The topological polar surface area (TPSA) is 55.0 Å². The van der Waals surface area contributed by atoms with Crippen LogP contribution in [0.5, 0.6) is 0 Å². The van der Waals surface area contributed by atoms with Crippen molar-refractivity contribution in [2.24, 2.45) is 11.7 Å². The Bertz CT molecular complexity index is 418. The van der Waals surface area contributed by atoms with E-state index >= 15 is 0 Å². The van der Waals surface area contributed by atoms with Crippen LogP contribution in [0, 0.1) is 5.92 Å². The number of alkyl halides is 3. The first kappa shape index (κ1) is 15.1. The number of halogens is 3. The van der Waals surface area contributed by atoms with Crippen molar-refractivity contribution < 1.29 is 13.2 Å². The maximum Gasteiger partial charge on any atom is 0.445 e. The fourth-order valence-corrected chi connectivity index (χ4v) is 2.08. The van der Waals surface area contributed by atoms with E-state index in [-0.39, 0.29) is 11.0 Å². The summed E-state index contributed by atoms with van der Waals surface area (Å²) in [5.74, 6) is -0.0989. The largest absolute Gasteiger partial charge is 0.445 e. The van der Waals surface area contributed by atoms with Gasteiger partial charge >= 0.3 is 6.18 Å². The number of nitrogens with zero attached hydrogens (tertiary/aromatic N) is 3. The van der Waals surface area contributed by atoms with Gasteiger partial charge in [-0.3, -0.25) is 0 Å². The average Bonchev–Trinajstić information content (AvgIpc) is 2.73. The van der Waals surface area contributed by atoms with Crippen molar-refractivity contribution in [3.63, 3.8) is 0 Å². The van der Waals surface area contributed by atoms with Crippen LogP contribution in [0.1, 0.15) is 18.9 Å². The van der Waals surface area contributed by atoms with Gasteiger partial charge in [0, 0.05) is 19.0 Å². The first-order valence-corrected chi connectivity index (χ1v) is 6.43. The molecule has 0 aromatic carbocycles. The lowest BCUT2D eigenvalue weighted by Gasteiger charge is -2.22. The van der Waals surface area contributed by atoms with Crippen LogP contribution in [-0.2, 0) is 6.18 Å². The molecular formula is C9H13F3N4S2. The second-order valence-electron chi connectivity index (χ2n) is 3.73. The van der Waals surface area contributed by atoms with Gasteiger partial charge < -0.3 is 10.6 Å². The average molecular weight is 298 g/mol. The van der Waals surface area contributed by atoms with Gasteiger partial charge in [-0.25, -0.2) is 0 Å². The Morgan fingerprint density at radius 3 is 2.50 bits per heavy atom. The summed E-state index contributed by atoms with van der Waals surface area (Å²) in [4.78, 5) is 2.01. The molecule has 1 aromatic rings. The van der Waals surface area contributed by atoms with E-state index in [1.807, 2.05) is 13.8 Å². The molecule has 1 rings (SSSR count). The summed E-state index contributed by atoms with van der Waals surface area (Å²) < 4.78 is 37.2. The van der Waals surface area contributed by atoms with Crippen LogP contribution >= 0.6 is 23.6 Å². The second-order valence-corrected chi connectivity index (χ2v) is 5.16. The van der Waals surface area contributed by atoms with E-state index in [1.54, 1.807) is 4.90 Å². The van der Waals surface area contributed by atoms with E-state index in [0.29, 0.717) is 29.4 Å². The Balaban J connectivity index is 2.83. The Morgan fingerprint density at radius 1 is 1.50 bits per heavy atom. The van der Waals surface area contributed by atoms with Crippen molar-refractivity contribution in [2.45, 2.75) is 20.0 Å². The quantitative estimate of drug-likeness (QED) is 0.845. The van der Waals surface area contributed by atoms with Crippen LogP contribution in [0.4, 0.5) is 18.3 Å². The molecule has 0 amide bonds. The predicted octanol–water partition coefficient (Wildman–Crippen LogP) is 2.31. The molecule has 18 heavy (non-hydrogen) atoms.